The van der Waals surface area contributed by atoms with Crippen LogP contribution < -0.4 is 29.2 Å². The summed E-state index contributed by atoms with van der Waals surface area (Å²) in [4.78, 5) is 28.6. The second kappa shape index (κ2) is 9.99. The molecule has 36 heavy (non-hydrogen) atoms. The molecule has 0 saturated carbocycles. The molecule has 9 heteroatoms. The number of carbonyl (C=O) groups excluding carboxylic acids is 2. The van der Waals surface area contributed by atoms with Crippen molar-refractivity contribution < 1.29 is 28.5 Å². The number of nitrogens with zero attached hydrogens (tertiary/aromatic N) is 1. The summed E-state index contributed by atoms with van der Waals surface area (Å²) >= 11 is 6.26. The van der Waals surface area contributed by atoms with E-state index in [1.165, 1.54) is 7.11 Å². The van der Waals surface area contributed by atoms with E-state index >= 15 is 0 Å². The molecule has 0 spiro atoms. The van der Waals surface area contributed by atoms with E-state index in [0.717, 1.165) is 5.56 Å². The van der Waals surface area contributed by atoms with Gasteiger partial charge in [0.05, 0.1) is 31.2 Å². The molecule has 2 amide bonds. The predicted molar refractivity (Wildman–Crippen MR) is 135 cm³/mol. The number of nitrogens with one attached hydrogen (secondary N) is 1. The SMILES string of the molecule is COc1ccc([C@@H]2[C@@H](C(=O)Nc3ccc(OC)c(Cl)c3)CCC(=O)N2c2ccc3c(c2)OCO3)cc1. The Bertz CT molecular complexity index is 1300. The first-order valence-electron chi connectivity index (χ1n) is 11.5. The summed E-state index contributed by atoms with van der Waals surface area (Å²) in [6.07, 6.45) is 0.620. The second-order valence-corrected chi connectivity index (χ2v) is 8.91. The van der Waals surface area contributed by atoms with Crippen molar-refractivity contribution >= 4 is 34.8 Å². The maximum Gasteiger partial charge on any atom is 0.231 e. The quantitative estimate of drug-likeness (QED) is 0.492. The van der Waals surface area contributed by atoms with Gasteiger partial charge in [-0.2, -0.15) is 0 Å². The Hall–Kier alpha value is -3.91. The number of methoxy groups -OCH3 is 2. The van der Waals surface area contributed by atoms with Crippen molar-refractivity contribution in [1.29, 1.82) is 0 Å². The summed E-state index contributed by atoms with van der Waals surface area (Å²) in [5.41, 5.74) is 2.00. The lowest BCUT2D eigenvalue weighted by Gasteiger charge is -2.41. The van der Waals surface area contributed by atoms with Gasteiger partial charge in [0.1, 0.15) is 11.5 Å². The summed E-state index contributed by atoms with van der Waals surface area (Å²) in [5.74, 6) is 1.57. The largest absolute Gasteiger partial charge is 0.497 e. The molecule has 3 aromatic rings. The number of amides is 2. The van der Waals surface area contributed by atoms with Crippen molar-refractivity contribution in [3.63, 3.8) is 0 Å². The zero-order valence-electron chi connectivity index (χ0n) is 19.8. The molecule has 0 unspecified atom stereocenters. The average molecular weight is 509 g/mol. The number of fused-ring (bicyclic) bond motifs is 1. The smallest absolute Gasteiger partial charge is 0.231 e. The van der Waals surface area contributed by atoms with Gasteiger partial charge in [0.2, 0.25) is 18.6 Å². The van der Waals surface area contributed by atoms with E-state index in [1.54, 1.807) is 42.3 Å². The summed E-state index contributed by atoms with van der Waals surface area (Å²) in [6, 6.07) is 17.3. The maximum atomic E-state index is 13.6. The van der Waals surface area contributed by atoms with Gasteiger partial charge in [0, 0.05) is 23.9 Å². The number of halogens is 1. The van der Waals surface area contributed by atoms with Crippen molar-refractivity contribution in [2.24, 2.45) is 5.92 Å². The fraction of sp³-hybridized carbons (Fsp3) is 0.259. The van der Waals surface area contributed by atoms with Crippen LogP contribution in [-0.2, 0) is 9.59 Å². The molecule has 1 saturated heterocycles. The molecule has 0 aliphatic carbocycles. The van der Waals surface area contributed by atoms with Crippen LogP contribution in [-0.4, -0.2) is 32.8 Å². The summed E-state index contributed by atoms with van der Waals surface area (Å²) in [6.45, 7) is 0.129. The monoisotopic (exact) mass is 508 g/mol. The Balaban J connectivity index is 1.52. The third kappa shape index (κ3) is 4.52. The van der Waals surface area contributed by atoms with E-state index in [1.807, 2.05) is 30.3 Å². The topological polar surface area (TPSA) is 86.3 Å². The standard InChI is InChI=1S/C27H25ClN2O6/c1-33-19-7-3-16(4-8-19)26-20(27(32)29-17-5-10-22(34-2)21(28)13-17)9-12-25(31)30(26)18-6-11-23-24(14-18)36-15-35-23/h3-8,10-11,13-14,20,26H,9,12,15H2,1-2H3,(H,29,32)/t20-,26+/m0/s1. The number of hydrogen-bond donors (Lipinski definition) is 1. The van der Waals surface area contributed by atoms with Crippen LogP contribution in [0.2, 0.25) is 5.02 Å². The van der Waals surface area contributed by atoms with Crippen molar-refractivity contribution in [1.82, 2.24) is 0 Å². The third-order valence-electron chi connectivity index (χ3n) is 6.44. The van der Waals surface area contributed by atoms with Crippen LogP contribution in [0.15, 0.2) is 60.7 Å². The van der Waals surface area contributed by atoms with E-state index in [-0.39, 0.29) is 25.0 Å². The highest BCUT2D eigenvalue weighted by molar-refractivity contribution is 6.32. The zero-order chi connectivity index (χ0) is 25.2. The van der Waals surface area contributed by atoms with Crippen molar-refractivity contribution in [3.05, 3.63) is 71.2 Å². The first-order valence-corrected chi connectivity index (χ1v) is 11.9. The van der Waals surface area contributed by atoms with Gasteiger partial charge in [-0.1, -0.05) is 23.7 Å². The molecule has 0 aromatic heterocycles. The Labute approximate surface area is 213 Å². The molecule has 0 bridgehead atoms. The lowest BCUT2D eigenvalue weighted by molar-refractivity contribution is -0.125. The number of rotatable bonds is 6. The zero-order valence-corrected chi connectivity index (χ0v) is 20.6. The molecule has 0 radical (unpaired) electrons. The lowest BCUT2D eigenvalue weighted by atomic mass is 9.83. The van der Waals surface area contributed by atoms with Gasteiger partial charge in [0.15, 0.2) is 11.5 Å². The average Bonchev–Trinajstić information content (AvgIpc) is 3.36. The molecule has 2 aliphatic rings. The Morgan fingerprint density at radius 2 is 1.78 bits per heavy atom. The minimum atomic E-state index is -0.550. The molecule has 2 atom stereocenters. The Morgan fingerprint density at radius 1 is 1.00 bits per heavy atom. The fourth-order valence-electron chi connectivity index (χ4n) is 4.67. The van der Waals surface area contributed by atoms with E-state index in [4.69, 9.17) is 30.5 Å². The molecular weight excluding hydrogens is 484 g/mol. The molecule has 8 nitrogen and oxygen atoms in total. The van der Waals surface area contributed by atoms with Crippen LogP contribution in [0, 0.1) is 5.92 Å². The van der Waals surface area contributed by atoms with E-state index in [0.29, 0.717) is 45.8 Å². The van der Waals surface area contributed by atoms with Crippen molar-refractivity contribution in [3.8, 4) is 23.0 Å². The first-order chi connectivity index (χ1) is 17.5. The van der Waals surface area contributed by atoms with E-state index in [2.05, 4.69) is 5.32 Å². The summed E-state index contributed by atoms with van der Waals surface area (Å²) < 4.78 is 21.5. The van der Waals surface area contributed by atoms with Gasteiger partial charge >= 0.3 is 0 Å². The number of benzene rings is 3. The van der Waals surface area contributed by atoms with Gasteiger partial charge in [-0.3, -0.25) is 9.59 Å². The highest BCUT2D eigenvalue weighted by Crippen LogP contribution is 2.44. The van der Waals surface area contributed by atoms with Gasteiger partial charge in [-0.05, 0) is 54.4 Å². The van der Waals surface area contributed by atoms with Crippen LogP contribution >= 0.6 is 11.6 Å². The minimum Gasteiger partial charge on any atom is -0.497 e. The van der Waals surface area contributed by atoms with Gasteiger partial charge < -0.3 is 29.2 Å². The normalized spacial score (nSPS) is 18.6. The van der Waals surface area contributed by atoms with E-state index in [9.17, 15) is 9.59 Å². The van der Waals surface area contributed by atoms with Crippen molar-refractivity contribution in [2.75, 3.05) is 31.2 Å². The highest BCUT2D eigenvalue weighted by atomic mass is 35.5. The molecule has 186 valence electrons. The predicted octanol–water partition coefficient (Wildman–Crippen LogP) is 5.21. The van der Waals surface area contributed by atoms with Crippen LogP contribution in [0.5, 0.6) is 23.0 Å². The Kier molecular flexibility index (Phi) is 6.61. The van der Waals surface area contributed by atoms with Crippen LogP contribution in [0.3, 0.4) is 0 Å². The van der Waals surface area contributed by atoms with Crippen molar-refractivity contribution in [2.45, 2.75) is 18.9 Å². The van der Waals surface area contributed by atoms with Gasteiger partial charge in [0.25, 0.3) is 0 Å². The molecule has 2 heterocycles. The number of ether oxygens (including phenoxy) is 4. The number of carbonyl (C=O) groups is 2. The summed E-state index contributed by atoms with van der Waals surface area (Å²) in [7, 11) is 3.12. The number of anilines is 2. The first kappa shape index (κ1) is 23.8. The third-order valence-corrected chi connectivity index (χ3v) is 6.74. The molecule has 1 fully saturated rings. The lowest BCUT2D eigenvalue weighted by Crippen LogP contribution is -2.47. The van der Waals surface area contributed by atoms with E-state index < -0.39 is 12.0 Å². The van der Waals surface area contributed by atoms with Crippen LogP contribution in [0.1, 0.15) is 24.4 Å². The molecule has 2 aliphatic heterocycles. The van der Waals surface area contributed by atoms with Gasteiger partial charge in [-0.25, -0.2) is 0 Å². The second-order valence-electron chi connectivity index (χ2n) is 8.50. The molecule has 3 aromatic carbocycles. The molecule has 1 N–H and O–H groups in total. The van der Waals surface area contributed by atoms with Gasteiger partial charge in [-0.15, -0.1) is 0 Å². The Morgan fingerprint density at radius 3 is 2.50 bits per heavy atom. The van der Waals surface area contributed by atoms with Crippen LogP contribution in [0.4, 0.5) is 11.4 Å². The number of piperidine rings is 1. The molecule has 5 rings (SSSR count). The summed E-state index contributed by atoms with van der Waals surface area (Å²) in [5, 5.41) is 3.36. The molecular formula is C27H25ClN2O6. The maximum absolute atomic E-state index is 13.6. The number of hydrogen-bond acceptors (Lipinski definition) is 6. The van der Waals surface area contributed by atoms with Crippen LogP contribution in [0.25, 0.3) is 0 Å². The fourth-order valence-corrected chi connectivity index (χ4v) is 4.93. The minimum absolute atomic E-state index is 0.0776. The highest BCUT2D eigenvalue weighted by Gasteiger charge is 2.42.